The highest BCUT2D eigenvalue weighted by Gasteiger charge is 2.18. The van der Waals surface area contributed by atoms with Crippen molar-refractivity contribution in [2.75, 3.05) is 6.79 Å². The van der Waals surface area contributed by atoms with Crippen molar-refractivity contribution in [3.05, 3.63) is 77.0 Å². The van der Waals surface area contributed by atoms with Crippen molar-refractivity contribution >= 4 is 5.97 Å². The molecule has 0 unspecified atom stereocenters. The first-order chi connectivity index (χ1) is 14.8. The highest BCUT2D eigenvalue weighted by atomic mass is 16.7. The number of aromatic nitrogens is 1. The number of oxazole rings is 1. The summed E-state index contributed by atoms with van der Waals surface area (Å²) in [6.45, 7) is 8.45. The Morgan fingerprint density at radius 2 is 1.68 bits per heavy atom. The van der Waals surface area contributed by atoms with Gasteiger partial charge in [-0.25, -0.2) is 9.78 Å². The van der Waals surface area contributed by atoms with Gasteiger partial charge in [0.1, 0.15) is 6.26 Å². The fourth-order valence-corrected chi connectivity index (χ4v) is 3.51. The van der Waals surface area contributed by atoms with Gasteiger partial charge < -0.3 is 19.0 Å². The molecule has 2 aromatic carbocycles. The van der Waals surface area contributed by atoms with Crippen LogP contribution in [-0.2, 0) is 25.0 Å². The van der Waals surface area contributed by atoms with E-state index in [1.54, 1.807) is 0 Å². The molecule has 1 aromatic heterocycles. The van der Waals surface area contributed by atoms with Gasteiger partial charge in [0, 0.05) is 13.1 Å². The molecular formula is C24H26N2O5. The second-order valence-electron chi connectivity index (χ2n) is 8.71. The molecule has 0 saturated carbocycles. The van der Waals surface area contributed by atoms with E-state index in [2.05, 4.69) is 54.9 Å². The predicted octanol–water partition coefficient (Wildman–Crippen LogP) is 4.60. The lowest BCUT2D eigenvalue weighted by Gasteiger charge is -2.23. The lowest BCUT2D eigenvalue weighted by Crippen LogP contribution is -2.23. The Morgan fingerprint density at radius 3 is 2.35 bits per heavy atom. The molecule has 0 radical (unpaired) electrons. The highest BCUT2D eigenvalue weighted by molar-refractivity contribution is 5.84. The van der Waals surface area contributed by atoms with Crippen molar-refractivity contribution in [1.82, 2.24) is 9.88 Å². The van der Waals surface area contributed by atoms with Gasteiger partial charge in [0.2, 0.25) is 12.7 Å². The molecule has 0 bridgehead atoms. The number of ether oxygens (including phenoxy) is 2. The number of nitrogens with zero attached hydrogens (tertiary/aromatic N) is 2. The Bertz CT molecular complexity index is 1070. The van der Waals surface area contributed by atoms with Crippen molar-refractivity contribution in [2.45, 2.75) is 45.8 Å². The summed E-state index contributed by atoms with van der Waals surface area (Å²) in [5.74, 6) is 0.739. The number of carbonyl (C=O) groups is 1. The molecule has 162 valence electrons. The summed E-state index contributed by atoms with van der Waals surface area (Å²) in [7, 11) is 0. The summed E-state index contributed by atoms with van der Waals surface area (Å²) in [6.07, 6.45) is 1.18. The zero-order valence-electron chi connectivity index (χ0n) is 17.9. The largest absolute Gasteiger partial charge is 0.476 e. The predicted molar refractivity (Wildman–Crippen MR) is 114 cm³/mol. The molecule has 1 N–H and O–H groups in total. The van der Waals surface area contributed by atoms with Gasteiger partial charge in [0.05, 0.1) is 6.54 Å². The second-order valence-corrected chi connectivity index (χ2v) is 8.71. The summed E-state index contributed by atoms with van der Waals surface area (Å²) in [6, 6.07) is 14.4. The standard InChI is InChI=1S/C24H26N2O5/c1-24(2,3)18-7-4-16(5-8-18)11-26(13-22-25-19(14-29-22)23(27)28)12-17-6-9-20-21(10-17)31-15-30-20/h4-10,14H,11-13,15H2,1-3H3,(H,27,28). The van der Waals surface area contributed by atoms with E-state index >= 15 is 0 Å². The van der Waals surface area contributed by atoms with E-state index in [0.717, 1.165) is 22.6 Å². The number of hydrogen-bond acceptors (Lipinski definition) is 6. The van der Waals surface area contributed by atoms with Crippen LogP contribution in [0, 0.1) is 0 Å². The lowest BCUT2D eigenvalue weighted by atomic mass is 9.87. The maximum Gasteiger partial charge on any atom is 0.357 e. The number of carboxylic acid groups (broad SMARTS) is 1. The summed E-state index contributed by atoms with van der Waals surface area (Å²) < 4.78 is 16.3. The monoisotopic (exact) mass is 422 g/mol. The molecule has 0 amide bonds. The van der Waals surface area contributed by atoms with Crippen LogP contribution in [0.15, 0.2) is 53.1 Å². The van der Waals surface area contributed by atoms with Crippen molar-refractivity contribution in [1.29, 1.82) is 0 Å². The van der Waals surface area contributed by atoms with E-state index in [1.807, 2.05) is 18.2 Å². The number of aromatic carboxylic acids is 1. The van der Waals surface area contributed by atoms with Gasteiger partial charge in [0.15, 0.2) is 17.2 Å². The van der Waals surface area contributed by atoms with Crippen LogP contribution in [0.4, 0.5) is 0 Å². The molecule has 1 aliphatic rings. The normalized spacial score (nSPS) is 13.0. The Balaban J connectivity index is 1.54. The molecule has 0 aliphatic carbocycles. The third-order valence-electron chi connectivity index (χ3n) is 5.20. The molecular weight excluding hydrogens is 396 g/mol. The molecule has 7 nitrogen and oxygen atoms in total. The van der Waals surface area contributed by atoms with Crippen molar-refractivity contribution in [3.63, 3.8) is 0 Å². The second kappa shape index (κ2) is 8.43. The first kappa shape index (κ1) is 20.9. The van der Waals surface area contributed by atoms with Gasteiger partial charge in [0.25, 0.3) is 0 Å². The topological polar surface area (TPSA) is 85.0 Å². The van der Waals surface area contributed by atoms with Gasteiger partial charge in [-0.3, -0.25) is 4.90 Å². The number of carboxylic acids is 1. The van der Waals surface area contributed by atoms with E-state index in [1.165, 1.54) is 11.8 Å². The molecule has 2 heterocycles. The van der Waals surface area contributed by atoms with Gasteiger partial charge >= 0.3 is 5.97 Å². The Labute approximate surface area is 181 Å². The summed E-state index contributed by atoms with van der Waals surface area (Å²) >= 11 is 0. The van der Waals surface area contributed by atoms with Crippen LogP contribution < -0.4 is 9.47 Å². The minimum Gasteiger partial charge on any atom is -0.476 e. The number of fused-ring (bicyclic) bond motifs is 1. The Morgan fingerprint density at radius 1 is 1.00 bits per heavy atom. The third-order valence-corrected chi connectivity index (χ3v) is 5.20. The quantitative estimate of drug-likeness (QED) is 0.595. The molecule has 0 atom stereocenters. The van der Waals surface area contributed by atoms with Crippen LogP contribution in [0.1, 0.15) is 53.8 Å². The van der Waals surface area contributed by atoms with E-state index in [-0.39, 0.29) is 17.9 Å². The fraction of sp³-hybridized carbons (Fsp3) is 0.333. The fourth-order valence-electron chi connectivity index (χ4n) is 3.51. The Kier molecular flexibility index (Phi) is 5.69. The summed E-state index contributed by atoms with van der Waals surface area (Å²) in [5.41, 5.74) is 3.49. The summed E-state index contributed by atoms with van der Waals surface area (Å²) in [5, 5.41) is 9.12. The van der Waals surface area contributed by atoms with Crippen LogP contribution in [0.2, 0.25) is 0 Å². The van der Waals surface area contributed by atoms with E-state index in [9.17, 15) is 4.79 Å². The number of hydrogen-bond donors (Lipinski definition) is 1. The van der Waals surface area contributed by atoms with Crippen molar-refractivity contribution < 1.29 is 23.8 Å². The molecule has 3 aromatic rings. The minimum atomic E-state index is -1.10. The third kappa shape index (κ3) is 5.06. The minimum absolute atomic E-state index is 0.0902. The first-order valence-electron chi connectivity index (χ1n) is 10.2. The zero-order chi connectivity index (χ0) is 22.0. The van der Waals surface area contributed by atoms with Crippen LogP contribution >= 0.6 is 0 Å². The van der Waals surface area contributed by atoms with Crippen LogP contribution in [0.5, 0.6) is 11.5 Å². The maximum absolute atomic E-state index is 11.1. The van der Waals surface area contributed by atoms with Crippen LogP contribution in [0.25, 0.3) is 0 Å². The van der Waals surface area contributed by atoms with E-state index < -0.39 is 5.97 Å². The molecule has 1 aliphatic heterocycles. The number of benzene rings is 2. The van der Waals surface area contributed by atoms with Gasteiger partial charge in [-0.05, 0) is 34.2 Å². The van der Waals surface area contributed by atoms with E-state index in [4.69, 9.17) is 19.0 Å². The van der Waals surface area contributed by atoms with Crippen LogP contribution in [-0.4, -0.2) is 27.8 Å². The smallest absolute Gasteiger partial charge is 0.357 e. The summed E-state index contributed by atoms with van der Waals surface area (Å²) in [4.78, 5) is 17.4. The van der Waals surface area contributed by atoms with Crippen molar-refractivity contribution in [3.8, 4) is 11.5 Å². The molecule has 7 heteroatoms. The average molecular weight is 422 g/mol. The lowest BCUT2D eigenvalue weighted by molar-refractivity contribution is 0.0690. The molecule has 0 saturated heterocycles. The SMILES string of the molecule is CC(C)(C)c1ccc(CN(Cc2ccc3c(c2)OCO3)Cc2nc(C(=O)O)co2)cc1. The zero-order valence-corrected chi connectivity index (χ0v) is 17.9. The van der Waals surface area contributed by atoms with Gasteiger partial charge in [-0.1, -0.05) is 51.1 Å². The van der Waals surface area contributed by atoms with E-state index in [0.29, 0.717) is 25.5 Å². The van der Waals surface area contributed by atoms with Gasteiger partial charge in [-0.2, -0.15) is 0 Å². The molecule has 31 heavy (non-hydrogen) atoms. The molecule has 4 rings (SSSR count). The highest BCUT2D eigenvalue weighted by Crippen LogP contribution is 2.33. The van der Waals surface area contributed by atoms with Gasteiger partial charge in [-0.15, -0.1) is 0 Å². The van der Waals surface area contributed by atoms with Crippen LogP contribution in [0.3, 0.4) is 0 Å². The first-order valence-corrected chi connectivity index (χ1v) is 10.2. The van der Waals surface area contributed by atoms with Crippen molar-refractivity contribution in [2.24, 2.45) is 0 Å². The molecule has 0 spiro atoms. The Hall–Kier alpha value is -3.32. The molecule has 0 fully saturated rings. The number of rotatable bonds is 7. The average Bonchev–Trinajstić information content (AvgIpc) is 3.36. The maximum atomic E-state index is 11.1.